The molecule has 0 saturated heterocycles. The van der Waals surface area contributed by atoms with Gasteiger partial charge in [-0.2, -0.15) is 13.2 Å². The average molecular weight is 435 g/mol. The molecule has 11 heteroatoms. The molecule has 1 aliphatic rings. The van der Waals surface area contributed by atoms with E-state index in [2.05, 4.69) is 20.6 Å². The molecule has 28 heavy (non-hydrogen) atoms. The van der Waals surface area contributed by atoms with Crippen LogP contribution >= 0.6 is 23.2 Å². The fraction of sp³-hybridized carbons (Fsp3) is 0.353. The number of nitrogens with zero attached hydrogens (tertiary/aromatic N) is 2. The third-order valence-corrected chi connectivity index (χ3v) is 4.90. The van der Waals surface area contributed by atoms with Gasteiger partial charge in [0.1, 0.15) is 0 Å². The average Bonchev–Trinajstić information content (AvgIpc) is 2.57. The third-order valence-electron chi connectivity index (χ3n) is 4.16. The summed E-state index contributed by atoms with van der Waals surface area (Å²) in [5.74, 6) is -0.782. The zero-order valence-electron chi connectivity index (χ0n) is 14.3. The maximum atomic E-state index is 13.3. The molecule has 2 aromatic rings. The van der Waals surface area contributed by atoms with Crippen LogP contribution in [0.25, 0.3) is 0 Å². The molecule has 0 radical (unpaired) electrons. The highest BCUT2D eigenvalue weighted by atomic mass is 35.5. The van der Waals surface area contributed by atoms with Crippen molar-refractivity contribution in [3.05, 3.63) is 40.1 Å². The minimum atomic E-state index is -4.85. The summed E-state index contributed by atoms with van der Waals surface area (Å²) in [6, 6.07) is 4.39. The Labute approximate surface area is 168 Å². The van der Waals surface area contributed by atoms with E-state index in [0.29, 0.717) is 23.2 Å². The Morgan fingerprint density at radius 2 is 2.00 bits per heavy atom. The summed E-state index contributed by atoms with van der Waals surface area (Å²) in [4.78, 5) is 19.0. The highest BCUT2D eigenvalue weighted by Crippen LogP contribution is 2.35. The zero-order valence-corrected chi connectivity index (χ0v) is 15.8. The van der Waals surface area contributed by atoms with Gasteiger partial charge >= 0.3 is 12.3 Å². The van der Waals surface area contributed by atoms with Gasteiger partial charge in [0.25, 0.3) is 0 Å². The molecule has 1 heterocycles. The van der Waals surface area contributed by atoms with E-state index in [1.54, 1.807) is 0 Å². The second kappa shape index (κ2) is 8.40. The third kappa shape index (κ3) is 5.17. The Morgan fingerprint density at radius 3 is 2.61 bits per heavy atom. The topological polar surface area (TPSA) is 76.1 Å². The van der Waals surface area contributed by atoms with E-state index in [9.17, 15) is 18.0 Å². The molecule has 1 amide bonds. The number of ether oxygens (including phenoxy) is 1. The SMILES string of the molecule is O=C(NCC1CCC1)Oc1cnc(Nc2ccc(Cl)c(Cl)c2)nc1C(F)(F)F. The molecule has 2 N–H and O–H groups in total. The zero-order chi connectivity index (χ0) is 20.3. The number of anilines is 2. The van der Waals surface area contributed by atoms with Crippen molar-refractivity contribution in [1.82, 2.24) is 15.3 Å². The molecule has 0 bridgehead atoms. The first-order valence-electron chi connectivity index (χ1n) is 8.34. The second-order valence-electron chi connectivity index (χ2n) is 6.23. The van der Waals surface area contributed by atoms with E-state index < -0.39 is 23.7 Å². The summed E-state index contributed by atoms with van der Waals surface area (Å²) in [6.45, 7) is 0.359. The minimum absolute atomic E-state index is 0.214. The van der Waals surface area contributed by atoms with Crippen molar-refractivity contribution in [2.45, 2.75) is 25.4 Å². The number of carbonyl (C=O) groups excluding carboxylic acids is 1. The molecule has 150 valence electrons. The van der Waals surface area contributed by atoms with Crippen molar-refractivity contribution >= 4 is 40.9 Å². The summed E-state index contributed by atoms with van der Waals surface area (Å²) in [7, 11) is 0. The van der Waals surface area contributed by atoms with Gasteiger partial charge in [0.2, 0.25) is 5.95 Å². The van der Waals surface area contributed by atoms with Gasteiger partial charge in [-0.15, -0.1) is 0 Å². The van der Waals surface area contributed by atoms with E-state index >= 15 is 0 Å². The maximum absolute atomic E-state index is 13.3. The largest absolute Gasteiger partial charge is 0.437 e. The highest BCUT2D eigenvalue weighted by Gasteiger charge is 2.38. The van der Waals surface area contributed by atoms with E-state index in [-0.39, 0.29) is 11.0 Å². The van der Waals surface area contributed by atoms with Gasteiger partial charge in [0.05, 0.1) is 16.2 Å². The second-order valence-corrected chi connectivity index (χ2v) is 7.04. The lowest BCUT2D eigenvalue weighted by Crippen LogP contribution is -2.34. The Hall–Kier alpha value is -2.26. The lowest BCUT2D eigenvalue weighted by Gasteiger charge is -2.25. The molecule has 0 spiro atoms. The number of rotatable bonds is 5. The van der Waals surface area contributed by atoms with Crippen molar-refractivity contribution in [2.75, 3.05) is 11.9 Å². The number of amides is 1. The van der Waals surface area contributed by atoms with E-state index in [1.165, 1.54) is 18.2 Å². The summed E-state index contributed by atoms with van der Waals surface area (Å²) in [6.07, 6.45) is -2.00. The number of halogens is 5. The molecule has 1 saturated carbocycles. The van der Waals surface area contributed by atoms with Crippen LogP contribution in [0, 0.1) is 5.92 Å². The lowest BCUT2D eigenvalue weighted by molar-refractivity contribution is -0.142. The van der Waals surface area contributed by atoms with Crippen LogP contribution in [0.2, 0.25) is 10.0 Å². The first-order valence-corrected chi connectivity index (χ1v) is 9.10. The van der Waals surface area contributed by atoms with Crippen LogP contribution in [0.15, 0.2) is 24.4 Å². The normalized spacial score (nSPS) is 14.3. The van der Waals surface area contributed by atoms with Crippen LogP contribution in [0.4, 0.5) is 29.6 Å². The van der Waals surface area contributed by atoms with Crippen LogP contribution in [-0.2, 0) is 6.18 Å². The Morgan fingerprint density at radius 1 is 1.25 bits per heavy atom. The molecule has 0 unspecified atom stereocenters. The van der Waals surface area contributed by atoms with Crippen molar-refractivity contribution in [3.63, 3.8) is 0 Å². The number of aromatic nitrogens is 2. The van der Waals surface area contributed by atoms with Gasteiger partial charge in [0.15, 0.2) is 11.4 Å². The Kier molecular flexibility index (Phi) is 6.14. The fourth-order valence-electron chi connectivity index (χ4n) is 2.47. The van der Waals surface area contributed by atoms with Gasteiger partial charge in [-0.25, -0.2) is 14.8 Å². The molecule has 0 atom stereocenters. The maximum Gasteiger partial charge on any atom is 0.437 e. The van der Waals surface area contributed by atoms with E-state index in [1.807, 2.05) is 0 Å². The van der Waals surface area contributed by atoms with Gasteiger partial charge < -0.3 is 15.4 Å². The quantitative estimate of drug-likeness (QED) is 0.655. The predicted octanol–water partition coefficient (Wildman–Crippen LogP) is 5.43. The number of hydrogen-bond donors (Lipinski definition) is 2. The predicted molar refractivity (Wildman–Crippen MR) is 98.1 cm³/mol. The van der Waals surface area contributed by atoms with Gasteiger partial charge in [-0.05, 0) is 37.0 Å². The van der Waals surface area contributed by atoms with Crippen molar-refractivity contribution < 1.29 is 22.7 Å². The molecule has 6 nitrogen and oxygen atoms in total. The summed E-state index contributed by atoms with van der Waals surface area (Å²) in [5.41, 5.74) is -1.03. The summed E-state index contributed by atoms with van der Waals surface area (Å²) >= 11 is 11.7. The molecule has 1 aromatic heterocycles. The molecule has 1 aliphatic carbocycles. The first-order chi connectivity index (χ1) is 13.2. The molecule has 0 aliphatic heterocycles. The van der Waals surface area contributed by atoms with Crippen LogP contribution in [-0.4, -0.2) is 22.6 Å². The molecule has 3 rings (SSSR count). The van der Waals surface area contributed by atoms with E-state index in [4.69, 9.17) is 27.9 Å². The standard InChI is InChI=1S/C17H15Cl2F3N4O2/c18-11-5-4-10(6-12(11)19)25-15-23-8-13(14(26-15)17(20,21)22)28-16(27)24-7-9-2-1-3-9/h4-6,8-9H,1-3,7H2,(H,24,27)(H,23,25,26). The number of alkyl halides is 3. The Bertz CT molecular complexity index is 876. The van der Waals surface area contributed by atoms with Gasteiger partial charge in [0, 0.05) is 12.2 Å². The monoisotopic (exact) mass is 434 g/mol. The fourth-order valence-corrected chi connectivity index (χ4v) is 2.77. The summed E-state index contributed by atoms with van der Waals surface area (Å²) in [5, 5.41) is 5.56. The Balaban J connectivity index is 1.75. The number of nitrogens with one attached hydrogen (secondary N) is 2. The van der Waals surface area contributed by atoms with Crippen molar-refractivity contribution in [2.24, 2.45) is 5.92 Å². The van der Waals surface area contributed by atoms with Crippen LogP contribution < -0.4 is 15.4 Å². The van der Waals surface area contributed by atoms with Gasteiger partial charge in [-0.3, -0.25) is 0 Å². The number of carbonyl (C=O) groups is 1. The van der Waals surface area contributed by atoms with Gasteiger partial charge in [-0.1, -0.05) is 29.6 Å². The van der Waals surface area contributed by atoms with E-state index in [0.717, 1.165) is 25.5 Å². The summed E-state index contributed by atoms with van der Waals surface area (Å²) < 4.78 is 44.8. The molecule has 1 aromatic carbocycles. The van der Waals surface area contributed by atoms with Crippen LogP contribution in [0.5, 0.6) is 5.75 Å². The van der Waals surface area contributed by atoms with Crippen molar-refractivity contribution in [1.29, 1.82) is 0 Å². The minimum Gasteiger partial charge on any atom is -0.406 e. The van der Waals surface area contributed by atoms with Crippen LogP contribution in [0.1, 0.15) is 25.0 Å². The van der Waals surface area contributed by atoms with Crippen molar-refractivity contribution in [3.8, 4) is 5.75 Å². The first kappa shape index (κ1) is 20.5. The number of hydrogen-bond acceptors (Lipinski definition) is 5. The molecular weight excluding hydrogens is 420 g/mol. The highest BCUT2D eigenvalue weighted by molar-refractivity contribution is 6.42. The smallest absolute Gasteiger partial charge is 0.406 e. The lowest BCUT2D eigenvalue weighted by atomic mass is 9.85. The number of benzene rings is 1. The molecular formula is C17H15Cl2F3N4O2. The van der Waals surface area contributed by atoms with Crippen LogP contribution in [0.3, 0.4) is 0 Å². The molecule has 1 fully saturated rings.